The van der Waals surface area contributed by atoms with E-state index in [2.05, 4.69) is 53.4 Å². The molecule has 2 aliphatic heterocycles. The highest BCUT2D eigenvalue weighted by Gasteiger charge is 2.41. The van der Waals surface area contributed by atoms with Crippen LogP contribution in [0.3, 0.4) is 0 Å². The van der Waals surface area contributed by atoms with E-state index in [1.54, 1.807) is 32.0 Å². The van der Waals surface area contributed by atoms with E-state index in [-0.39, 0.29) is 51.0 Å². The zero-order chi connectivity index (χ0) is 33.0. The molecule has 5 rings (SSSR count). The van der Waals surface area contributed by atoms with Crippen molar-refractivity contribution >= 4 is 50.7 Å². The highest BCUT2D eigenvalue weighted by molar-refractivity contribution is 7.92. The number of anilines is 4. The lowest BCUT2D eigenvalue weighted by atomic mass is 9.73. The van der Waals surface area contributed by atoms with E-state index in [0.717, 1.165) is 36.1 Å². The number of sulfone groups is 1. The normalized spacial score (nSPS) is 20.2. The van der Waals surface area contributed by atoms with E-state index < -0.39 is 21.2 Å². The largest absolute Gasteiger partial charge is 0.488 e. The Morgan fingerprint density at radius 3 is 2.58 bits per heavy atom. The van der Waals surface area contributed by atoms with Gasteiger partial charge in [-0.2, -0.15) is 10.1 Å². The van der Waals surface area contributed by atoms with Crippen LogP contribution >= 0.6 is 11.6 Å². The maximum Gasteiger partial charge on any atom is 0.407 e. The molecular weight excluding hydrogens is 618 g/mol. The van der Waals surface area contributed by atoms with E-state index in [9.17, 15) is 18.3 Å². The molecule has 1 aromatic carbocycles. The van der Waals surface area contributed by atoms with Crippen molar-refractivity contribution in [3.8, 4) is 5.75 Å². The van der Waals surface area contributed by atoms with Gasteiger partial charge in [-0.25, -0.2) is 18.2 Å². The lowest BCUT2D eigenvalue weighted by Gasteiger charge is -2.45. The molecule has 2 aromatic heterocycles. The molecule has 0 saturated carbocycles. The maximum atomic E-state index is 12.9. The Bertz CT molecular complexity index is 1730. The third-order valence-electron chi connectivity index (χ3n) is 8.62. The Labute approximate surface area is 269 Å². The minimum atomic E-state index is -3.67. The van der Waals surface area contributed by atoms with Crippen molar-refractivity contribution < 1.29 is 23.1 Å². The Hall–Kier alpha value is -3.58. The molecule has 1 amide bonds. The van der Waals surface area contributed by atoms with Crippen molar-refractivity contribution in [3.63, 3.8) is 0 Å². The number of halogens is 1. The van der Waals surface area contributed by atoms with Gasteiger partial charge in [-0.1, -0.05) is 32.4 Å². The molecule has 14 heteroatoms. The van der Waals surface area contributed by atoms with E-state index in [4.69, 9.17) is 16.3 Å². The van der Waals surface area contributed by atoms with Crippen LogP contribution in [0.15, 0.2) is 23.5 Å². The number of likely N-dealkylation sites (tertiary alicyclic amines) is 1. The first kappa shape index (κ1) is 32.8. The fourth-order valence-corrected chi connectivity index (χ4v) is 7.68. The predicted molar refractivity (Wildman–Crippen MR) is 174 cm³/mol. The number of hydrogen-bond acceptors (Lipinski definition) is 9. The maximum absolute atomic E-state index is 12.9. The molecule has 0 bridgehead atoms. The fraction of sp³-hybridized carbons (Fsp3) is 0.548. The average Bonchev–Trinajstić information content (AvgIpc) is 3.51. The number of aryl methyl sites for hydroxylation is 2. The number of nitrogens with one attached hydrogen (secondary N) is 2. The number of piperidine rings is 1. The van der Waals surface area contributed by atoms with E-state index in [1.165, 1.54) is 16.4 Å². The van der Waals surface area contributed by atoms with Gasteiger partial charge in [0.05, 0.1) is 22.8 Å². The average molecular weight is 660 g/mol. The molecule has 4 heterocycles. The third-order valence-corrected chi connectivity index (χ3v) is 11.0. The molecule has 3 atom stereocenters. The van der Waals surface area contributed by atoms with Crippen LogP contribution in [0.25, 0.3) is 0 Å². The van der Waals surface area contributed by atoms with Crippen LogP contribution in [0.4, 0.5) is 27.9 Å². The number of benzene rings is 1. The summed E-state index contributed by atoms with van der Waals surface area (Å²) in [5.74, 6) is 1.40. The fourth-order valence-electron chi connectivity index (χ4n) is 6.44. The molecule has 0 spiro atoms. The standard InChI is InChI=1S/C31H42ClN7O5S/c1-16(2)45(42,43)28-23(15-38(8)37-28)34-27-21(32)14-33-29(36-27)35-22-11-17(3)25(20-12-18(4)44-26(20)22)19-9-10-39(30(40)41)24(13-19)31(5,6)7/h11,14-16,18-19,24H,9-10,12-13H2,1-8H3,(H,40,41)(H2,33,34,35,36). The summed E-state index contributed by atoms with van der Waals surface area (Å²) in [5.41, 5.74) is 4.21. The summed E-state index contributed by atoms with van der Waals surface area (Å²) in [6.07, 6.45) is 4.33. The minimum Gasteiger partial charge on any atom is -0.488 e. The molecule has 3 unspecified atom stereocenters. The number of hydrogen-bond donors (Lipinski definition) is 3. The summed E-state index contributed by atoms with van der Waals surface area (Å²) >= 11 is 6.45. The van der Waals surface area contributed by atoms with Gasteiger partial charge in [0, 0.05) is 37.8 Å². The van der Waals surface area contributed by atoms with Crippen LogP contribution in [-0.4, -0.2) is 68.2 Å². The first-order valence-corrected chi connectivity index (χ1v) is 17.1. The summed E-state index contributed by atoms with van der Waals surface area (Å²) in [5, 5.41) is 19.9. The number of ether oxygens (including phenoxy) is 1. The molecular formula is C31H42ClN7O5S. The Balaban J connectivity index is 1.47. The molecule has 0 radical (unpaired) electrons. The monoisotopic (exact) mass is 659 g/mol. The summed E-state index contributed by atoms with van der Waals surface area (Å²) in [4.78, 5) is 22.6. The number of carboxylic acid groups (broad SMARTS) is 1. The van der Waals surface area contributed by atoms with Crippen molar-refractivity contribution in [2.24, 2.45) is 12.5 Å². The van der Waals surface area contributed by atoms with Crippen LogP contribution in [-0.2, 0) is 23.3 Å². The molecule has 45 heavy (non-hydrogen) atoms. The second-order valence-corrected chi connectivity index (χ2v) is 16.3. The van der Waals surface area contributed by atoms with Gasteiger partial charge in [-0.3, -0.25) is 4.68 Å². The number of rotatable bonds is 7. The number of nitrogens with zero attached hydrogens (tertiary/aromatic N) is 5. The molecule has 1 fully saturated rings. The van der Waals surface area contributed by atoms with Gasteiger partial charge in [0.1, 0.15) is 16.9 Å². The van der Waals surface area contributed by atoms with Gasteiger partial charge in [0.2, 0.25) is 20.8 Å². The lowest BCUT2D eigenvalue weighted by molar-refractivity contribution is 0.0524. The van der Waals surface area contributed by atoms with E-state index in [1.807, 2.05) is 13.0 Å². The van der Waals surface area contributed by atoms with Gasteiger partial charge in [-0.05, 0) is 69.1 Å². The van der Waals surface area contributed by atoms with Gasteiger partial charge >= 0.3 is 6.09 Å². The van der Waals surface area contributed by atoms with E-state index in [0.29, 0.717) is 12.2 Å². The van der Waals surface area contributed by atoms with Crippen molar-refractivity contribution in [1.82, 2.24) is 24.6 Å². The van der Waals surface area contributed by atoms with Crippen molar-refractivity contribution in [2.45, 2.75) is 96.1 Å². The molecule has 3 aromatic rings. The van der Waals surface area contributed by atoms with Gasteiger partial charge < -0.3 is 25.4 Å². The highest BCUT2D eigenvalue weighted by atomic mass is 35.5. The summed E-state index contributed by atoms with van der Waals surface area (Å²) in [7, 11) is -2.03. The number of carbonyl (C=O) groups is 1. The van der Waals surface area contributed by atoms with Gasteiger partial charge in [0.15, 0.2) is 5.82 Å². The highest BCUT2D eigenvalue weighted by Crippen LogP contribution is 2.48. The van der Waals surface area contributed by atoms with Crippen molar-refractivity contribution in [3.05, 3.63) is 40.2 Å². The SMILES string of the molecule is Cc1cc(Nc2ncc(Cl)c(Nc3cn(C)nc3S(=O)(=O)C(C)C)n2)c2c(c1C1CCN(C(=O)O)C(C(C)(C)C)C1)CC(C)O2. The lowest BCUT2D eigenvalue weighted by Crippen LogP contribution is -2.51. The molecule has 244 valence electrons. The zero-order valence-electron chi connectivity index (χ0n) is 27.0. The quantitative estimate of drug-likeness (QED) is 0.258. The Morgan fingerprint density at radius 1 is 1.22 bits per heavy atom. The first-order chi connectivity index (χ1) is 21.0. The van der Waals surface area contributed by atoms with E-state index >= 15 is 0 Å². The minimum absolute atomic E-state index is 0.0334. The summed E-state index contributed by atoms with van der Waals surface area (Å²) in [6, 6.07) is 1.92. The van der Waals surface area contributed by atoms with Crippen LogP contribution in [0.5, 0.6) is 5.75 Å². The molecule has 12 nitrogen and oxygen atoms in total. The Kier molecular flexibility index (Phi) is 8.73. The van der Waals surface area contributed by atoms with Crippen molar-refractivity contribution in [1.29, 1.82) is 0 Å². The van der Waals surface area contributed by atoms with Crippen LogP contribution < -0.4 is 15.4 Å². The number of fused-ring (bicyclic) bond motifs is 1. The topological polar surface area (TPSA) is 152 Å². The van der Waals surface area contributed by atoms with Gasteiger partial charge in [0.25, 0.3) is 0 Å². The number of aromatic nitrogens is 4. The van der Waals surface area contributed by atoms with Crippen LogP contribution in [0, 0.1) is 12.3 Å². The molecule has 2 aliphatic rings. The Morgan fingerprint density at radius 2 is 1.93 bits per heavy atom. The van der Waals surface area contributed by atoms with Crippen molar-refractivity contribution in [2.75, 3.05) is 17.2 Å². The number of amides is 1. The molecule has 0 aliphatic carbocycles. The second kappa shape index (κ2) is 12.0. The predicted octanol–water partition coefficient (Wildman–Crippen LogP) is 6.44. The smallest absolute Gasteiger partial charge is 0.407 e. The second-order valence-electron chi connectivity index (χ2n) is 13.4. The van der Waals surface area contributed by atoms with Crippen LogP contribution in [0.2, 0.25) is 5.02 Å². The first-order valence-electron chi connectivity index (χ1n) is 15.1. The van der Waals surface area contributed by atoms with Gasteiger partial charge in [-0.15, -0.1) is 0 Å². The summed E-state index contributed by atoms with van der Waals surface area (Å²) < 4.78 is 33.6. The third kappa shape index (κ3) is 6.42. The molecule has 3 N–H and O–H groups in total. The van der Waals surface area contributed by atoms with Crippen LogP contribution in [0.1, 0.15) is 77.0 Å². The molecule has 1 saturated heterocycles. The summed E-state index contributed by atoms with van der Waals surface area (Å²) in [6.45, 7) is 14.1. The zero-order valence-corrected chi connectivity index (χ0v) is 28.5.